The zero-order valence-electron chi connectivity index (χ0n) is 7.88. The van der Waals surface area contributed by atoms with Gasteiger partial charge in [-0.15, -0.1) is 0 Å². The molecule has 0 radical (unpaired) electrons. The molecule has 0 aliphatic rings. The van der Waals surface area contributed by atoms with Gasteiger partial charge in [0.05, 0.1) is 19.3 Å². The Hall–Kier alpha value is -1.42. The fourth-order valence-corrected chi connectivity index (χ4v) is 1.04. The molecule has 0 aromatic heterocycles. The molecule has 0 unspecified atom stereocenters. The Morgan fingerprint density at radius 3 is 2.67 bits per heavy atom. The molecule has 0 fully saturated rings. The van der Waals surface area contributed by atoms with Gasteiger partial charge in [0.2, 0.25) is 0 Å². The van der Waals surface area contributed by atoms with Gasteiger partial charge in [-0.25, -0.2) is 0 Å². The van der Waals surface area contributed by atoms with Crippen LogP contribution in [0.4, 0.5) is 0 Å². The van der Waals surface area contributed by atoms with Crippen LogP contribution in [0, 0.1) is 0 Å². The Bertz CT molecular complexity index is 349. The third kappa shape index (κ3) is 4.08. The van der Waals surface area contributed by atoms with Gasteiger partial charge in [-0.1, -0.05) is 16.7 Å². The van der Waals surface area contributed by atoms with Crippen molar-refractivity contribution in [3.63, 3.8) is 0 Å². The highest BCUT2D eigenvalue weighted by atomic mass is 35.5. The molecule has 0 heterocycles. The third-order valence-electron chi connectivity index (χ3n) is 1.68. The molecule has 0 aliphatic heterocycles. The fourth-order valence-electron chi connectivity index (χ4n) is 0.919. The summed E-state index contributed by atoms with van der Waals surface area (Å²) in [5.41, 5.74) is 8.18. The predicted octanol–water partition coefficient (Wildman–Crippen LogP) is 2.39. The van der Waals surface area contributed by atoms with E-state index < -0.39 is 6.04 Å². The van der Waals surface area contributed by atoms with Crippen LogP contribution in [-0.2, 0) is 0 Å². The first kappa shape index (κ1) is 11.7. The number of azide groups is 1. The van der Waals surface area contributed by atoms with E-state index in [0.717, 1.165) is 0 Å². The minimum Gasteiger partial charge on any atom is -0.493 e. The van der Waals surface area contributed by atoms with Crippen LogP contribution in [0.2, 0.25) is 5.02 Å². The van der Waals surface area contributed by atoms with Crippen molar-refractivity contribution in [2.45, 2.75) is 6.04 Å². The molecule has 6 heteroatoms. The van der Waals surface area contributed by atoms with Gasteiger partial charge in [-0.3, -0.25) is 0 Å². The fraction of sp³-hybridized carbons (Fsp3) is 0.333. The van der Waals surface area contributed by atoms with E-state index in [1.165, 1.54) is 0 Å². The molecular formula is C9H10ClN3O2. The van der Waals surface area contributed by atoms with Crippen molar-refractivity contribution in [3.8, 4) is 5.75 Å². The van der Waals surface area contributed by atoms with Crippen LogP contribution in [0.15, 0.2) is 29.4 Å². The van der Waals surface area contributed by atoms with Crippen LogP contribution >= 0.6 is 11.6 Å². The minimum atomic E-state index is -0.564. The lowest BCUT2D eigenvalue weighted by molar-refractivity contribution is 0.206. The molecule has 1 aromatic carbocycles. The van der Waals surface area contributed by atoms with Crippen LogP contribution in [0.5, 0.6) is 5.75 Å². The van der Waals surface area contributed by atoms with Crippen molar-refractivity contribution in [1.29, 1.82) is 0 Å². The van der Waals surface area contributed by atoms with Crippen LogP contribution in [-0.4, -0.2) is 24.4 Å². The topological polar surface area (TPSA) is 78.2 Å². The van der Waals surface area contributed by atoms with E-state index in [2.05, 4.69) is 10.0 Å². The number of hydrogen-bond donors (Lipinski definition) is 1. The number of halogens is 1. The maximum absolute atomic E-state index is 8.81. The Morgan fingerprint density at radius 2 is 2.13 bits per heavy atom. The van der Waals surface area contributed by atoms with Crippen LogP contribution in [0.1, 0.15) is 0 Å². The van der Waals surface area contributed by atoms with Gasteiger partial charge < -0.3 is 9.84 Å². The summed E-state index contributed by atoms with van der Waals surface area (Å²) < 4.78 is 5.28. The average molecular weight is 228 g/mol. The highest BCUT2D eigenvalue weighted by Crippen LogP contribution is 2.15. The van der Waals surface area contributed by atoms with E-state index in [1.807, 2.05) is 0 Å². The van der Waals surface area contributed by atoms with E-state index in [-0.39, 0.29) is 13.2 Å². The summed E-state index contributed by atoms with van der Waals surface area (Å²) in [6, 6.07) is 6.22. The monoisotopic (exact) mass is 227 g/mol. The van der Waals surface area contributed by atoms with Crippen molar-refractivity contribution in [2.75, 3.05) is 13.2 Å². The lowest BCUT2D eigenvalue weighted by Crippen LogP contribution is -2.19. The molecule has 1 rings (SSSR count). The van der Waals surface area contributed by atoms with Crippen molar-refractivity contribution < 1.29 is 9.84 Å². The maximum Gasteiger partial charge on any atom is 0.119 e. The molecule has 0 spiro atoms. The van der Waals surface area contributed by atoms with Crippen molar-refractivity contribution in [1.82, 2.24) is 0 Å². The van der Waals surface area contributed by atoms with Crippen molar-refractivity contribution in [2.24, 2.45) is 5.11 Å². The van der Waals surface area contributed by atoms with Gasteiger partial charge in [0.15, 0.2) is 0 Å². The Morgan fingerprint density at radius 1 is 1.47 bits per heavy atom. The van der Waals surface area contributed by atoms with Crippen LogP contribution < -0.4 is 4.74 Å². The average Bonchev–Trinajstić information content (AvgIpc) is 2.26. The maximum atomic E-state index is 8.81. The quantitative estimate of drug-likeness (QED) is 0.476. The molecular weight excluding hydrogens is 218 g/mol. The minimum absolute atomic E-state index is 0.141. The largest absolute Gasteiger partial charge is 0.493 e. The number of nitrogens with zero attached hydrogens (tertiary/aromatic N) is 3. The van der Waals surface area contributed by atoms with Gasteiger partial charge in [0.1, 0.15) is 5.75 Å². The summed E-state index contributed by atoms with van der Waals surface area (Å²) in [5.74, 6) is 0.617. The zero-order chi connectivity index (χ0) is 11.1. The van der Waals surface area contributed by atoms with Crippen molar-refractivity contribution in [3.05, 3.63) is 39.7 Å². The summed E-state index contributed by atoms with van der Waals surface area (Å²) in [5, 5.41) is 12.8. The zero-order valence-corrected chi connectivity index (χ0v) is 8.63. The van der Waals surface area contributed by atoms with Crippen LogP contribution in [0.3, 0.4) is 0 Å². The first-order chi connectivity index (χ1) is 7.26. The summed E-state index contributed by atoms with van der Waals surface area (Å²) >= 11 is 5.69. The molecule has 0 aliphatic carbocycles. The molecule has 1 aromatic rings. The number of aliphatic hydroxyl groups excluding tert-OH is 1. The first-order valence-electron chi connectivity index (χ1n) is 4.29. The SMILES string of the molecule is [N-]=[N+]=N[C@@H](CO)COc1ccc(Cl)cc1. The summed E-state index contributed by atoms with van der Waals surface area (Å²) in [6.07, 6.45) is 0. The molecule has 0 bridgehead atoms. The highest BCUT2D eigenvalue weighted by Gasteiger charge is 2.05. The van der Waals surface area contributed by atoms with Gasteiger partial charge in [-0.05, 0) is 29.8 Å². The number of ether oxygens (including phenoxy) is 1. The number of hydrogen-bond acceptors (Lipinski definition) is 3. The van der Waals surface area contributed by atoms with Gasteiger partial charge in [0, 0.05) is 9.93 Å². The van der Waals surface area contributed by atoms with E-state index in [9.17, 15) is 0 Å². The second-order valence-electron chi connectivity index (χ2n) is 2.81. The number of aliphatic hydroxyl groups is 1. The third-order valence-corrected chi connectivity index (χ3v) is 1.93. The van der Waals surface area contributed by atoms with E-state index in [0.29, 0.717) is 10.8 Å². The van der Waals surface area contributed by atoms with Gasteiger partial charge >= 0.3 is 0 Å². The second-order valence-corrected chi connectivity index (χ2v) is 3.24. The van der Waals surface area contributed by atoms with E-state index in [4.69, 9.17) is 27.0 Å². The summed E-state index contributed by atoms with van der Waals surface area (Å²) in [6.45, 7) is -0.0974. The van der Waals surface area contributed by atoms with Crippen molar-refractivity contribution >= 4 is 11.6 Å². The lowest BCUT2D eigenvalue weighted by atomic mass is 10.3. The number of benzene rings is 1. The smallest absolute Gasteiger partial charge is 0.119 e. The molecule has 0 saturated heterocycles. The Kier molecular flexibility index (Phi) is 4.77. The Labute approximate surface area is 91.9 Å². The van der Waals surface area contributed by atoms with Gasteiger partial charge in [0.25, 0.3) is 0 Å². The molecule has 5 nitrogen and oxygen atoms in total. The standard InChI is InChI=1S/C9H10ClN3O2/c10-7-1-3-9(4-2-7)15-6-8(5-14)12-13-11/h1-4,8,14H,5-6H2/t8-/m0/s1. The lowest BCUT2D eigenvalue weighted by Gasteiger charge is -2.09. The normalized spacial score (nSPS) is 11.6. The summed E-state index contributed by atoms with van der Waals surface area (Å²) in [4.78, 5) is 2.60. The molecule has 0 saturated carbocycles. The number of rotatable bonds is 5. The highest BCUT2D eigenvalue weighted by molar-refractivity contribution is 6.30. The van der Waals surface area contributed by atoms with Crippen LogP contribution in [0.25, 0.3) is 10.4 Å². The predicted molar refractivity (Wildman–Crippen MR) is 57.0 cm³/mol. The molecule has 0 amide bonds. The van der Waals surface area contributed by atoms with E-state index >= 15 is 0 Å². The molecule has 15 heavy (non-hydrogen) atoms. The van der Waals surface area contributed by atoms with E-state index in [1.54, 1.807) is 24.3 Å². The Balaban J connectivity index is 2.48. The molecule has 80 valence electrons. The molecule has 1 N–H and O–H groups in total. The summed E-state index contributed by atoms with van der Waals surface area (Å²) in [7, 11) is 0. The van der Waals surface area contributed by atoms with Gasteiger partial charge in [-0.2, -0.15) is 0 Å². The first-order valence-corrected chi connectivity index (χ1v) is 4.67. The molecule has 1 atom stereocenters. The second kappa shape index (κ2) is 6.14.